The topological polar surface area (TPSA) is 54.0 Å². The second kappa shape index (κ2) is 26.6. The molecule has 0 heterocycles. The van der Waals surface area contributed by atoms with Crippen LogP contribution in [0, 0.1) is 11.8 Å². The lowest BCUT2D eigenvalue weighted by molar-refractivity contribution is -0.140. The van der Waals surface area contributed by atoms with Gasteiger partial charge in [0, 0.05) is 12.3 Å². The van der Waals surface area contributed by atoms with Gasteiger partial charge in [0.2, 0.25) is 0 Å². The standard InChI is InChI=1S/C69H90O5Si3/c1-12-13-14-15-16-23-37-55(72-75(67(2,3)4,56-38-24-17-25-39-56)57-40-26-18-27-41-57)52-53-63-62(50-36-51-66(70)71-11)64(73-76(68(5,6)7,58-42-28-19-29-43-58)59-44-30-20-31-45-59)54-65(63)74-77(69(8,9)10,60-46-32-21-33-47-60)61-48-34-22-35-49-61/h16-35,38-49,52-53,55,62-65H,12-15,36-37,50-51,54H2,1-11H3/b23-16-,53-52+/t55-,62-,63+,64-,65+/m0/s1. The van der Waals surface area contributed by atoms with E-state index in [-0.39, 0.29) is 51.2 Å². The van der Waals surface area contributed by atoms with E-state index in [4.69, 9.17) is 18.0 Å². The molecule has 1 aliphatic rings. The lowest BCUT2D eigenvalue weighted by atomic mass is 9.88. The smallest absolute Gasteiger partial charge is 0.305 e. The fourth-order valence-corrected chi connectivity index (χ4v) is 26.7. The molecule has 1 aliphatic carbocycles. The van der Waals surface area contributed by atoms with Crippen molar-refractivity contribution in [1.29, 1.82) is 0 Å². The van der Waals surface area contributed by atoms with E-state index in [0.717, 1.165) is 19.3 Å². The molecule has 1 saturated carbocycles. The summed E-state index contributed by atoms with van der Waals surface area (Å²) < 4.78 is 30.2. The Morgan fingerprint density at radius 1 is 0.519 bits per heavy atom. The van der Waals surface area contributed by atoms with Gasteiger partial charge in [-0.2, -0.15) is 0 Å². The van der Waals surface area contributed by atoms with Crippen molar-refractivity contribution in [3.8, 4) is 0 Å². The normalized spacial score (nSPS) is 18.2. The van der Waals surface area contributed by atoms with Crippen LogP contribution in [0.1, 0.15) is 127 Å². The number of carbonyl (C=O) groups excluding carboxylic acids is 1. The van der Waals surface area contributed by atoms with Gasteiger partial charge in [-0.1, -0.05) is 288 Å². The maximum atomic E-state index is 13.1. The fraction of sp³-hybridized carbons (Fsp3) is 0.406. The number of rotatable bonds is 24. The third-order valence-corrected chi connectivity index (χ3v) is 31.5. The van der Waals surface area contributed by atoms with E-state index >= 15 is 0 Å². The minimum Gasteiger partial charge on any atom is -0.469 e. The molecule has 408 valence electrons. The number of methoxy groups -OCH3 is 1. The number of unbranched alkanes of at least 4 members (excludes halogenated alkanes) is 3. The molecule has 6 aromatic rings. The SMILES string of the molecule is CCCCC/C=C\C[C@@H](/C=C/[C@@H]1[C@H](CCCC(=O)OC)[C@@H](O[Si](c2ccccc2)(c2ccccc2)C(C)(C)C)C[C@H]1O[Si](c1ccccc1)(c1ccccc1)C(C)(C)C)O[Si](c1ccccc1)(c1ccccc1)C(C)(C)C. The summed E-state index contributed by atoms with van der Waals surface area (Å²) in [5.41, 5.74) is 0. The largest absolute Gasteiger partial charge is 0.469 e. The number of esters is 1. The van der Waals surface area contributed by atoms with Crippen LogP contribution in [0.4, 0.5) is 0 Å². The summed E-state index contributed by atoms with van der Waals surface area (Å²) in [7, 11) is -7.74. The number of carbonyl (C=O) groups is 1. The summed E-state index contributed by atoms with van der Waals surface area (Å²) in [6, 6.07) is 66.3. The van der Waals surface area contributed by atoms with Crippen molar-refractivity contribution >= 4 is 62.0 Å². The molecule has 0 aromatic heterocycles. The number of hydrogen-bond acceptors (Lipinski definition) is 5. The van der Waals surface area contributed by atoms with E-state index in [1.165, 1.54) is 57.5 Å². The van der Waals surface area contributed by atoms with Crippen LogP contribution in [0.2, 0.25) is 15.1 Å². The number of ether oxygens (including phenoxy) is 1. The molecule has 0 bridgehead atoms. The Balaban J connectivity index is 1.48. The molecule has 1 fully saturated rings. The molecular formula is C69H90O5Si3. The third-order valence-electron chi connectivity index (χ3n) is 16.3. The first-order valence-corrected chi connectivity index (χ1v) is 34.4. The first-order chi connectivity index (χ1) is 36.9. The van der Waals surface area contributed by atoms with Crippen molar-refractivity contribution < 1.29 is 22.8 Å². The third kappa shape index (κ3) is 13.5. The number of hydrogen-bond donors (Lipinski definition) is 0. The molecule has 0 unspecified atom stereocenters. The van der Waals surface area contributed by atoms with Crippen LogP contribution in [0.15, 0.2) is 206 Å². The average Bonchev–Trinajstić information content (AvgIpc) is 3.94. The Bertz CT molecular complexity index is 2630. The van der Waals surface area contributed by atoms with Crippen molar-refractivity contribution in [3.05, 3.63) is 206 Å². The highest BCUT2D eigenvalue weighted by Gasteiger charge is 2.58. The molecule has 0 aliphatic heterocycles. The van der Waals surface area contributed by atoms with E-state index in [1.807, 2.05) is 0 Å². The number of allylic oxidation sites excluding steroid dienone is 1. The van der Waals surface area contributed by atoms with Gasteiger partial charge in [0.05, 0.1) is 25.4 Å². The zero-order valence-electron chi connectivity index (χ0n) is 48.4. The van der Waals surface area contributed by atoms with Crippen LogP contribution in [-0.4, -0.2) is 56.3 Å². The van der Waals surface area contributed by atoms with Gasteiger partial charge in [0.25, 0.3) is 25.0 Å². The van der Waals surface area contributed by atoms with Gasteiger partial charge in [0.1, 0.15) is 0 Å². The maximum Gasteiger partial charge on any atom is 0.305 e. The minimum atomic E-state index is -3.13. The van der Waals surface area contributed by atoms with E-state index < -0.39 is 25.0 Å². The summed E-state index contributed by atoms with van der Waals surface area (Å²) in [5.74, 6) is -0.306. The van der Waals surface area contributed by atoms with Crippen molar-refractivity contribution in [2.75, 3.05) is 7.11 Å². The van der Waals surface area contributed by atoms with E-state index in [0.29, 0.717) is 19.3 Å². The molecule has 8 heteroatoms. The predicted molar refractivity (Wildman–Crippen MR) is 332 cm³/mol. The second-order valence-corrected chi connectivity index (χ2v) is 37.3. The lowest BCUT2D eigenvalue weighted by Gasteiger charge is -2.46. The van der Waals surface area contributed by atoms with Crippen LogP contribution in [0.5, 0.6) is 0 Å². The van der Waals surface area contributed by atoms with Gasteiger partial charge in [-0.05, 0) is 90.7 Å². The van der Waals surface area contributed by atoms with Crippen LogP contribution in [0.25, 0.3) is 0 Å². The van der Waals surface area contributed by atoms with E-state index in [2.05, 4.69) is 276 Å². The molecule has 0 N–H and O–H groups in total. The zero-order valence-corrected chi connectivity index (χ0v) is 51.4. The quantitative estimate of drug-likeness (QED) is 0.0262. The molecule has 77 heavy (non-hydrogen) atoms. The number of benzene rings is 6. The van der Waals surface area contributed by atoms with Crippen LogP contribution >= 0.6 is 0 Å². The van der Waals surface area contributed by atoms with Crippen molar-refractivity contribution in [1.82, 2.24) is 0 Å². The Kier molecular flexibility index (Phi) is 20.6. The second-order valence-electron chi connectivity index (χ2n) is 24.5. The van der Waals surface area contributed by atoms with Gasteiger partial charge in [-0.25, -0.2) is 0 Å². The average molecular weight is 1080 g/mol. The molecule has 6 aromatic carbocycles. The molecule has 7 rings (SSSR count). The summed E-state index contributed by atoms with van der Waals surface area (Å²) in [4.78, 5) is 13.1. The Hall–Kier alpha value is -5.20. The molecule has 0 spiro atoms. The predicted octanol–water partition coefficient (Wildman–Crippen LogP) is 13.9. The van der Waals surface area contributed by atoms with Gasteiger partial charge >= 0.3 is 5.97 Å². The zero-order chi connectivity index (χ0) is 55.2. The van der Waals surface area contributed by atoms with Gasteiger partial charge < -0.3 is 18.0 Å². The first kappa shape index (κ1) is 59.5. The van der Waals surface area contributed by atoms with Gasteiger partial charge in [-0.15, -0.1) is 0 Å². The van der Waals surface area contributed by atoms with Crippen LogP contribution in [-0.2, 0) is 22.8 Å². The lowest BCUT2D eigenvalue weighted by Crippen LogP contribution is -2.68. The van der Waals surface area contributed by atoms with E-state index in [9.17, 15) is 4.79 Å². The van der Waals surface area contributed by atoms with Crippen molar-refractivity contribution in [3.63, 3.8) is 0 Å². The summed E-state index contributed by atoms with van der Waals surface area (Å²) in [6.07, 6.45) is 16.7. The van der Waals surface area contributed by atoms with Crippen LogP contribution < -0.4 is 31.1 Å². The molecule has 0 saturated heterocycles. The maximum absolute atomic E-state index is 13.1. The summed E-state index contributed by atoms with van der Waals surface area (Å²) in [6.45, 7) is 23.6. The fourth-order valence-electron chi connectivity index (χ4n) is 12.6. The molecule has 0 amide bonds. The summed E-state index contributed by atoms with van der Waals surface area (Å²) >= 11 is 0. The highest BCUT2D eigenvalue weighted by molar-refractivity contribution is 7.00. The molecular weight excluding hydrogens is 993 g/mol. The monoisotopic (exact) mass is 1080 g/mol. The van der Waals surface area contributed by atoms with Gasteiger partial charge in [0.15, 0.2) is 0 Å². The van der Waals surface area contributed by atoms with Crippen molar-refractivity contribution in [2.24, 2.45) is 11.8 Å². The van der Waals surface area contributed by atoms with E-state index in [1.54, 1.807) is 0 Å². The van der Waals surface area contributed by atoms with Crippen LogP contribution in [0.3, 0.4) is 0 Å². The Morgan fingerprint density at radius 2 is 0.896 bits per heavy atom. The Labute approximate surface area is 468 Å². The summed E-state index contributed by atoms with van der Waals surface area (Å²) in [5, 5.41) is 6.78. The minimum absolute atomic E-state index is 0.0149. The van der Waals surface area contributed by atoms with Gasteiger partial charge in [-0.3, -0.25) is 4.79 Å². The molecule has 5 atom stereocenters. The molecule has 0 radical (unpaired) electrons. The van der Waals surface area contributed by atoms with Crippen molar-refractivity contribution in [2.45, 2.75) is 160 Å². The molecule has 5 nitrogen and oxygen atoms in total. The highest BCUT2D eigenvalue weighted by atomic mass is 28.4. The first-order valence-electron chi connectivity index (χ1n) is 28.7. The Morgan fingerprint density at radius 3 is 1.26 bits per heavy atom. The highest BCUT2D eigenvalue weighted by Crippen LogP contribution is 2.49.